The van der Waals surface area contributed by atoms with Gasteiger partial charge in [0.15, 0.2) is 0 Å². The van der Waals surface area contributed by atoms with Crippen molar-refractivity contribution in [2.24, 2.45) is 0 Å². The van der Waals surface area contributed by atoms with Crippen LogP contribution in [0, 0.1) is 6.92 Å². The molecule has 1 heterocycles. The van der Waals surface area contributed by atoms with Crippen LogP contribution < -0.4 is 5.32 Å². The van der Waals surface area contributed by atoms with Gasteiger partial charge in [-0.2, -0.15) is 0 Å². The molecule has 6 aromatic carbocycles. The van der Waals surface area contributed by atoms with Gasteiger partial charge in [-0.1, -0.05) is 91.0 Å². The molecular weight excluding hydrogens is 442 g/mol. The molecule has 166 valence electrons. The summed E-state index contributed by atoms with van der Waals surface area (Å²) in [5.41, 5.74) is 6.06. The number of benzene rings is 6. The third-order valence-corrected chi connectivity index (χ3v) is 8.31. The number of anilines is 2. The van der Waals surface area contributed by atoms with E-state index in [1.165, 1.54) is 58.4 Å². The first-order valence-electron chi connectivity index (χ1n) is 11.9. The van der Waals surface area contributed by atoms with E-state index in [2.05, 4.69) is 128 Å². The van der Waals surface area contributed by atoms with Crippen LogP contribution in [0.3, 0.4) is 0 Å². The SMILES string of the molecule is Cc1cccc2c1sc1c(Nc3ccc(-c4ccc5ccccc5c4)cc3)cc3ccccc3c12. The van der Waals surface area contributed by atoms with Crippen molar-refractivity contribution < 1.29 is 0 Å². The van der Waals surface area contributed by atoms with Crippen LogP contribution in [0.5, 0.6) is 0 Å². The Hall–Kier alpha value is -4.14. The van der Waals surface area contributed by atoms with Crippen molar-refractivity contribution in [2.75, 3.05) is 5.32 Å². The van der Waals surface area contributed by atoms with E-state index < -0.39 is 0 Å². The van der Waals surface area contributed by atoms with E-state index >= 15 is 0 Å². The number of hydrogen-bond acceptors (Lipinski definition) is 2. The van der Waals surface area contributed by atoms with Crippen LogP contribution in [0.15, 0.2) is 115 Å². The summed E-state index contributed by atoms with van der Waals surface area (Å²) in [7, 11) is 0. The molecule has 0 spiro atoms. The van der Waals surface area contributed by atoms with E-state index in [-0.39, 0.29) is 0 Å². The summed E-state index contributed by atoms with van der Waals surface area (Å²) >= 11 is 1.89. The minimum atomic E-state index is 1.10. The van der Waals surface area contributed by atoms with Crippen molar-refractivity contribution in [2.45, 2.75) is 6.92 Å². The lowest BCUT2D eigenvalue weighted by atomic mass is 10.0. The van der Waals surface area contributed by atoms with E-state index in [0.717, 1.165) is 11.4 Å². The van der Waals surface area contributed by atoms with Crippen molar-refractivity contribution in [3.05, 3.63) is 121 Å². The summed E-state index contributed by atoms with van der Waals surface area (Å²) in [5, 5.41) is 11.5. The van der Waals surface area contributed by atoms with Gasteiger partial charge in [-0.15, -0.1) is 11.3 Å². The summed E-state index contributed by atoms with van der Waals surface area (Å²) in [5.74, 6) is 0. The normalized spacial score (nSPS) is 11.6. The molecule has 0 radical (unpaired) electrons. The molecule has 0 fully saturated rings. The van der Waals surface area contributed by atoms with Gasteiger partial charge in [-0.05, 0) is 69.4 Å². The van der Waals surface area contributed by atoms with Crippen molar-refractivity contribution in [1.82, 2.24) is 0 Å². The van der Waals surface area contributed by atoms with Gasteiger partial charge in [0.2, 0.25) is 0 Å². The fraction of sp³-hybridized carbons (Fsp3) is 0.0303. The molecule has 1 aromatic heterocycles. The first-order valence-corrected chi connectivity index (χ1v) is 12.8. The topological polar surface area (TPSA) is 12.0 Å². The van der Waals surface area contributed by atoms with Crippen molar-refractivity contribution in [3.63, 3.8) is 0 Å². The van der Waals surface area contributed by atoms with Crippen molar-refractivity contribution >= 4 is 64.4 Å². The molecule has 0 atom stereocenters. The van der Waals surface area contributed by atoms with Crippen LogP contribution in [0.4, 0.5) is 11.4 Å². The second-order valence-electron chi connectivity index (χ2n) is 9.17. The molecule has 7 aromatic rings. The molecule has 0 amide bonds. The molecule has 0 aliphatic rings. The smallest absolute Gasteiger partial charge is 0.0597 e. The van der Waals surface area contributed by atoms with Gasteiger partial charge in [0, 0.05) is 21.2 Å². The van der Waals surface area contributed by atoms with Gasteiger partial charge < -0.3 is 5.32 Å². The molecule has 0 unspecified atom stereocenters. The molecule has 1 nitrogen and oxygen atoms in total. The zero-order valence-corrected chi connectivity index (χ0v) is 20.2. The molecular formula is C33H23NS. The lowest BCUT2D eigenvalue weighted by Gasteiger charge is -2.11. The summed E-state index contributed by atoms with van der Waals surface area (Å²) in [6, 6.07) is 41.6. The summed E-state index contributed by atoms with van der Waals surface area (Å²) in [4.78, 5) is 0. The third kappa shape index (κ3) is 3.38. The van der Waals surface area contributed by atoms with E-state index in [0.29, 0.717) is 0 Å². The van der Waals surface area contributed by atoms with E-state index in [1.807, 2.05) is 11.3 Å². The Balaban J connectivity index is 1.32. The summed E-state index contributed by atoms with van der Waals surface area (Å²) in [6.45, 7) is 2.21. The van der Waals surface area contributed by atoms with Gasteiger partial charge in [0.25, 0.3) is 0 Å². The van der Waals surface area contributed by atoms with Crippen molar-refractivity contribution in [1.29, 1.82) is 0 Å². The molecule has 0 aliphatic carbocycles. The Bertz CT molecular complexity index is 1880. The predicted molar refractivity (Wildman–Crippen MR) is 154 cm³/mol. The largest absolute Gasteiger partial charge is 0.354 e. The molecule has 0 aliphatic heterocycles. The quantitative estimate of drug-likeness (QED) is 0.274. The summed E-state index contributed by atoms with van der Waals surface area (Å²) < 4.78 is 2.68. The lowest BCUT2D eigenvalue weighted by molar-refractivity contribution is 1.56. The third-order valence-electron chi connectivity index (χ3n) is 6.93. The summed E-state index contributed by atoms with van der Waals surface area (Å²) in [6.07, 6.45) is 0. The van der Waals surface area contributed by atoms with Crippen LogP contribution in [0.1, 0.15) is 5.56 Å². The maximum atomic E-state index is 3.74. The van der Waals surface area contributed by atoms with E-state index in [9.17, 15) is 0 Å². The Morgan fingerprint density at radius 1 is 0.543 bits per heavy atom. The highest BCUT2D eigenvalue weighted by atomic mass is 32.1. The second kappa shape index (κ2) is 7.97. The first-order chi connectivity index (χ1) is 17.2. The zero-order valence-electron chi connectivity index (χ0n) is 19.4. The van der Waals surface area contributed by atoms with E-state index in [4.69, 9.17) is 0 Å². The first kappa shape index (κ1) is 20.3. The average Bonchev–Trinajstić information content (AvgIpc) is 3.31. The highest BCUT2D eigenvalue weighted by molar-refractivity contribution is 7.26. The molecule has 2 heteroatoms. The Labute approximate surface area is 208 Å². The molecule has 35 heavy (non-hydrogen) atoms. The lowest BCUT2D eigenvalue weighted by Crippen LogP contribution is -1.91. The minimum absolute atomic E-state index is 1.10. The highest BCUT2D eigenvalue weighted by Crippen LogP contribution is 2.44. The van der Waals surface area contributed by atoms with Crippen LogP contribution in [0.25, 0.3) is 52.8 Å². The second-order valence-corrected chi connectivity index (χ2v) is 10.2. The standard InChI is InChI=1S/C33H23NS/c1-21-7-6-12-29-31-28-11-5-4-10-26(28)20-30(33(31)35-32(21)29)34-27-17-15-23(16-18-27)25-14-13-22-8-2-3-9-24(22)19-25/h2-20,34H,1H3. The van der Waals surface area contributed by atoms with Gasteiger partial charge in [0.05, 0.1) is 10.4 Å². The van der Waals surface area contributed by atoms with E-state index in [1.54, 1.807) is 0 Å². The van der Waals surface area contributed by atoms with Gasteiger partial charge >= 0.3 is 0 Å². The van der Waals surface area contributed by atoms with Gasteiger partial charge in [-0.25, -0.2) is 0 Å². The molecule has 0 saturated heterocycles. The predicted octanol–water partition coefficient (Wildman–Crippen LogP) is 10.1. The van der Waals surface area contributed by atoms with Crippen LogP contribution in [-0.4, -0.2) is 0 Å². The van der Waals surface area contributed by atoms with Crippen LogP contribution in [0.2, 0.25) is 0 Å². The van der Waals surface area contributed by atoms with Crippen molar-refractivity contribution in [3.8, 4) is 11.1 Å². The highest BCUT2D eigenvalue weighted by Gasteiger charge is 2.14. The van der Waals surface area contributed by atoms with Crippen LogP contribution in [-0.2, 0) is 0 Å². The molecule has 0 bridgehead atoms. The zero-order chi connectivity index (χ0) is 23.4. The fourth-order valence-electron chi connectivity index (χ4n) is 5.15. The number of hydrogen-bond donors (Lipinski definition) is 1. The van der Waals surface area contributed by atoms with Crippen LogP contribution >= 0.6 is 11.3 Å². The Morgan fingerprint density at radius 3 is 2.11 bits per heavy atom. The Morgan fingerprint density at radius 2 is 1.26 bits per heavy atom. The van der Waals surface area contributed by atoms with Gasteiger partial charge in [-0.3, -0.25) is 0 Å². The Kier molecular flexibility index (Phi) is 4.61. The fourth-order valence-corrected chi connectivity index (χ4v) is 6.41. The monoisotopic (exact) mass is 465 g/mol. The number of aryl methyl sites for hydroxylation is 1. The number of fused-ring (bicyclic) bond motifs is 6. The molecule has 0 saturated carbocycles. The molecule has 7 rings (SSSR count). The maximum Gasteiger partial charge on any atom is 0.0597 e. The minimum Gasteiger partial charge on any atom is -0.354 e. The maximum absolute atomic E-state index is 3.74. The number of rotatable bonds is 3. The van der Waals surface area contributed by atoms with Gasteiger partial charge in [0.1, 0.15) is 0 Å². The average molecular weight is 466 g/mol. The molecule has 1 N–H and O–H groups in total. The number of thiophene rings is 1. The number of nitrogens with one attached hydrogen (secondary N) is 1.